The summed E-state index contributed by atoms with van der Waals surface area (Å²) in [4.78, 5) is 12.9. The molecule has 0 bridgehead atoms. The van der Waals surface area contributed by atoms with E-state index in [-0.39, 0.29) is 12.2 Å². The summed E-state index contributed by atoms with van der Waals surface area (Å²) < 4.78 is 0.983. The van der Waals surface area contributed by atoms with Gasteiger partial charge in [-0.05, 0) is 52.2 Å². The molecule has 0 atom stereocenters. The van der Waals surface area contributed by atoms with Gasteiger partial charge in [-0.1, -0.05) is 29.3 Å². The van der Waals surface area contributed by atoms with E-state index >= 15 is 0 Å². The van der Waals surface area contributed by atoms with E-state index in [9.17, 15) is 4.79 Å². The van der Waals surface area contributed by atoms with Crippen LogP contribution in [0.2, 0.25) is 10.0 Å². The van der Waals surface area contributed by atoms with Crippen LogP contribution in [-0.4, -0.2) is 5.78 Å². The first-order valence-corrected chi connectivity index (χ1v) is 7.57. The van der Waals surface area contributed by atoms with Crippen LogP contribution in [0.3, 0.4) is 0 Å². The molecule has 0 aliphatic heterocycles. The molecule has 0 saturated heterocycles. The lowest BCUT2D eigenvalue weighted by molar-refractivity contribution is 0.0997. The Morgan fingerprint density at radius 2 is 1.94 bits per heavy atom. The summed E-state index contributed by atoms with van der Waals surface area (Å²) in [6.07, 6.45) is 0.227. The SMILES string of the molecule is Cc1cc(C(=O)Cc2c(Cl)cccc2Cl)sc1Br. The molecule has 2 aromatic rings. The van der Waals surface area contributed by atoms with Gasteiger partial charge in [0, 0.05) is 16.5 Å². The van der Waals surface area contributed by atoms with Crippen molar-refractivity contribution in [2.45, 2.75) is 13.3 Å². The van der Waals surface area contributed by atoms with Gasteiger partial charge in [-0.2, -0.15) is 0 Å². The van der Waals surface area contributed by atoms with Crippen molar-refractivity contribution in [2.75, 3.05) is 0 Å². The van der Waals surface area contributed by atoms with Gasteiger partial charge < -0.3 is 0 Å². The first-order chi connectivity index (χ1) is 8.49. The standard InChI is InChI=1S/C13H9BrCl2OS/c1-7-5-12(18-13(7)14)11(17)6-8-9(15)3-2-4-10(8)16/h2-5H,6H2,1H3. The molecule has 2 rings (SSSR count). The third kappa shape index (κ3) is 2.97. The molecule has 0 N–H and O–H groups in total. The van der Waals surface area contributed by atoms with Gasteiger partial charge in [0.2, 0.25) is 0 Å². The minimum atomic E-state index is 0.0313. The second-order valence-electron chi connectivity index (χ2n) is 3.87. The Labute approximate surface area is 128 Å². The van der Waals surface area contributed by atoms with E-state index in [1.807, 2.05) is 13.0 Å². The fourth-order valence-corrected chi connectivity index (χ4v) is 3.55. The van der Waals surface area contributed by atoms with Crippen LogP contribution in [0.4, 0.5) is 0 Å². The number of Topliss-reactive ketones (excluding diaryl/α,β-unsaturated/α-hetero) is 1. The molecule has 94 valence electrons. The van der Waals surface area contributed by atoms with Crippen LogP contribution in [-0.2, 0) is 6.42 Å². The second-order valence-corrected chi connectivity index (χ2v) is 7.05. The average Bonchev–Trinajstić information content (AvgIpc) is 2.64. The van der Waals surface area contributed by atoms with Crippen molar-refractivity contribution in [2.24, 2.45) is 0 Å². The highest BCUT2D eigenvalue weighted by Crippen LogP contribution is 2.30. The van der Waals surface area contributed by atoms with E-state index in [0.717, 1.165) is 14.2 Å². The molecular weight excluding hydrogens is 355 g/mol. The van der Waals surface area contributed by atoms with Crippen LogP contribution in [0.5, 0.6) is 0 Å². The summed E-state index contributed by atoms with van der Waals surface area (Å²) in [5, 5.41) is 1.06. The molecule has 0 fully saturated rings. The number of benzene rings is 1. The summed E-state index contributed by atoms with van der Waals surface area (Å²) >= 11 is 17.0. The molecule has 1 heterocycles. The van der Waals surface area contributed by atoms with Gasteiger partial charge in [-0.3, -0.25) is 4.79 Å². The van der Waals surface area contributed by atoms with E-state index in [2.05, 4.69) is 15.9 Å². The fraction of sp³-hybridized carbons (Fsp3) is 0.154. The van der Waals surface area contributed by atoms with E-state index in [4.69, 9.17) is 23.2 Å². The predicted molar refractivity (Wildman–Crippen MR) is 81.3 cm³/mol. The Hall–Kier alpha value is -0.350. The number of aryl methyl sites for hydroxylation is 1. The van der Waals surface area contributed by atoms with E-state index in [1.54, 1.807) is 18.2 Å². The lowest BCUT2D eigenvalue weighted by Crippen LogP contribution is -2.02. The molecule has 1 aromatic heterocycles. The number of carbonyl (C=O) groups excluding carboxylic acids is 1. The maximum absolute atomic E-state index is 12.2. The largest absolute Gasteiger partial charge is 0.293 e. The van der Waals surface area contributed by atoms with Crippen LogP contribution in [0.1, 0.15) is 20.8 Å². The van der Waals surface area contributed by atoms with Crippen molar-refractivity contribution < 1.29 is 4.79 Å². The minimum absolute atomic E-state index is 0.0313. The summed E-state index contributed by atoms with van der Waals surface area (Å²) in [5.41, 5.74) is 1.75. The summed E-state index contributed by atoms with van der Waals surface area (Å²) in [7, 11) is 0. The number of rotatable bonds is 3. The fourth-order valence-electron chi connectivity index (χ4n) is 1.55. The van der Waals surface area contributed by atoms with Crippen LogP contribution in [0, 0.1) is 6.92 Å². The highest BCUT2D eigenvalue weighted by atomic mass is 79.9. The molecule has 0 unspecified atom stereocenters. The zero-order valence-electron chi connectivity index (χ0n) is 9.47. The van der Waals surface area contributed by atoms with Crippen LogP contribution in [0.25, 0.3) is 0 Å². The van der Waals surface area contributed by atoms with Crippen molar-refractivity contribution in [3.8, 4) is 0 Å². The zero-order valence-corrected chi connectivity index (χ0v) is 13.4. The zero-order chi connectivity index (χ0) is 13.3. The Bertz CT molecular complexity index is 567. The second kappa shape index (κ2) is 5.74. The highest BCUT2D eigenvalue weighted by Gasteiger charge is 2.15. The third-order valence-electron chi connectivity index (χ3n) is 2.53. The number of hydrogen-bond donors (Lipinski definition) is 0. The third-order valence-corrected chi connectivity index (χ3v) is 5.42. The number of carbonyl (C=O) groups is 1. The maximum atomic E-state index is 12.2. The van der Waals surface area contributed by atoms with Gasteiger partial charge in [-0.15, -0.1) is 11.3 Å². The quantitative estimate of drug-likeness (QED) is 0.653. The van der Waals surface area contributed by atoms with E-state index < -0.39 is 0 Å². The summed E-state index contributed by atoms with van der Waals surface area (Å²) in [6, 6.07) is 7.13. The first kappa shape index (κ1) is 14.1. The van der Waals surface area contributed by atoms with Gasteiger partial charge in [0.15, 0.2) is 5.78 Å². The van der Waals surface area contributed by atoms with Crippen molar-refractivity contribution in [1.82, 2.24) is 0 Å². The molecular formula is C13H9BrCl2OS. The van der Waals surface area contributed by atoms with Crippen molar-refractivity contribution in [1.29, 1.82) is 0 Å². The van der Waals surface area contributed by atoms with Gasteiger partial charge >= 0.3 is 0 Å². The molecule has 1 nitrogen and oxygen atoms in total. The molecule has 0 aliphatic carbocycles. The molecule has 5 heteroatoms. The molecule has 0 aliphatic rings. The van der Waals surface area contributed by atoms with Crippen molar-refractivity contribution in [3.05, 3.63) is 54.1 Å². The summed E-state index contributed by atoms with van der Waals surface area (Å²) in [6.45, 7) is 1.96. The normalized spacial score (nSPS) is 10.7. The monoisotopic (exact) mass is 362 g/mol. The molecule has 0 amide bonds. The lowest BCUT2D eigenvalue weighted by Gasteiger charge is -2.04. The first-order valence-electron chi connectivity index (χ1n) is 5.21. The number of halogens is 3. The molecule has 0 spiro atoms. The number of thiophene rings is 1. The summed E-state index contributed by atoms with van der Waals surface area (Å²) in [5.74, 6) is 0.0313. The minimum Gasteiger partial charge on any atom is -0.293 e. The van der Waals surface area contributed by atoms with Crippen LogP contribution < -0.4 is 0 Å². The molecule has 0 radical (unpaired) electrons. The maximum Gasteiger partial charge on any atom is 0.177 e. The molecule has 1 aromatic carbocycles. The average molecular weight is 364 g/mol. The van der Waals surface area contributed by atoms with Crippen molar-refractivity contribution in [3.63, 3.8) is 0 Å². The Morgan fingerprint density at radius 3 is 2.44 bits per heavy atom. The molecule has 0 saturated carbocycles. The molecule has 18 heavy (non-hydrogen) atoms. The Balaban J connectivity index is 2.27. The number of ketones is 1. The van der Waals surface area contributed by atoms with Gasteiger partial charge in [-0.25, -0.2) is 0 Å². The Kier molecular flexibility index (Phi) is 4.49. The van der Waals surface area contributed by atoms with Gasteiger partial charge in [0.25, 0.3) is 0 Å². The van der Waals surface area contributed by atoms with Crippen LogP contribution in [0.15, 0.2) is 28.1 Å². The lowest BCUT2D eigenvalue weighted by atomic mass is 10.1. The van der Waals surface area contributed by atoms with Gasteiger partial charge in [0.05, 0.1) is 8.66 Å². The van der Waals surface area contributed by atoms with Gasteiger partial charge in [0.1, 0.15) is 0 Å². The smallest absolute Gasteiger partial charge is 0.177 e. The van der Waals surface area contributed by atoms with E-state index in [1.165, 1.54) is 11.3 Å². The van der Waals surface area contributed by atoms with E-state index in [0.29, 0.717) is 15.6 Å². The number of hydrogen-bond acceptors (Lipinski definition) is 2. The highest BCUT2D eigenvalue weighted by molar-refractivity contribution is 9.11. The van der Waals surface area contributed by atoms with Crippen molar-refractivity contribution >= 4 is 56.3 Å². The Morgan fingerprint density at radius 1 is 1.33 bits per heavy atom. The topological polar surface area (TPSA) is 17.1 Å². The van der Waals surface area contributed by atoms with Crippen LogP contribution >= 0.6 is 50.5 Å². The predicted octanol–water partition coefficient (Wildman–Crippen LogP) is 5.55.